The lowest BCUT2D eigenvalue weighted by molar-refractivity contribution is 1.03. The summed E-state index contributed by atoms with van der Waals surface area (Å²) in [7, 11) is 0. The Balaban J connectivity index is 1.08. The normalized spacial score (nSPS) is 16.0. The highest BCUT2D eigenvalue weighted by molar-refractivity contribution is 7.25. The minimum atomic E-state index is 0.620. The second-order valence-electron chi connectivity index (χ2n) is 15.2. The van der Waals surface area contributed by atoms with Crippen LogP contribution < -0.4 is 0 Å². The fraction of sp³-hybridized carbons (Fsp3) is 0.0577. The van der Waals surface area contributed by atoms with Crippen LogP contribution >= 0.6 is 11.3 Å². The Bertz CT molecular complexity index is 3280. The maximum Gasteiger partial charge on any atom is 0.0708 e. The molecule has 2 unspecified atom stereocenters. The number of nitrogens with zero attached hydrogens (tertiary/aromatic N) is 4. The summed E-state index contributed by atoms with van der Waals surface area (Å²) < 4.78 is 5.01. The summed E-state index contributed by atoms with van der Waals surface area (Å²) >= 11 is 1.85. The van der Waals surface area contributed by atoms with Crippen molar-refractivity contribution < 1.29 is 0 Å². The van der Waals surface area contributed by atoms with Gasteiger partial charge in [-0.15, -0.1) is 11.3 Å². The molecule has 268 valence electrons. The highest BCUT2D eigenvalue weighted by atomic mass is 32.1. The molecule has 4 aromatic heterocycles. The predicted molar refractivity (Wildman–Crippen MR) is 239 cm³/mol. The van der Waals surface area contributed by atoms with E-state index in [0.717, 1.165) is 39.3 Å². The maximum atomic E-state index is 4.93. The smallest absolute Gasteiger partial charge is 0.0708 e. The Morgan fingerprint density at radius 1 is 0.509 bits per heavy atom. The Hall–Kier alpha value is -6.95. The largest absolute Gasteiger partial charge is 0.309 e. The van der Waals surface area contributed by atoms with Gasteiger partial charge < -0.3 is 4.57 Å². The van der Waals surface area contributed by atoms with Crippen LogP contribution in [0.5, 0.6) is 0 Å². The first kappa shape index (κ1) is 32.3. The van der Waals surface area contributed by atoms with Gasteiger partial charge in [-0.2, -0.15) is 0 Å². The number of benzene rings is 6. The summed E-state index contributed by atoms with van der Waals surface area (Å²) in [6.45, 7) is 0. The number of rotatable bonds is 6. The second-order valence-corrected chi connectivity index (χ2v) is 16.3. The fourth-order valence-corrected chi connectivity index (χ4v) is 9.94. The lowest BCUT2D eigenvalue weighted by atomic mass is 9.94. The third kappa shape index (κ3) is 5.38. The molecule has 0 bridgehead atoms. The third-order valence-corrected chi connectivity index (χ3v) is 13.0. The Labute approximate surface area is 333 Å². The molecule has 0 N–H and O–H groups in total. The number of allylic oxidation sites excluding steroid dienone is 1. The van der Waals surface area contributed by atoms with Gasteiger partial charge in [0.2, 0.25) is 0 Å². The number of aromatic nitrogens is 3. The number of hydrogen-bond acceptors (Lipinski definition) is 4. The summed E-state index contributed by atoms with van der Waals surface area (Å²) in [5, 5.41) is 4.96. The zero-order valence-electron chi connectivity index (χ0n) is 30.9. The van der Waals surface area contributed by atoms with Crippen LogP contribution in [0.1, 0.15) is 12.0 Å². The zero-order chi connectivity index (χ0) is 37.5. The summed E-state index contributed by atoms with van der Waals surface area (Å²) in [5.41, 5.74) is 14.9. The molecule has 5 heterocycles. The van der Waals surface area contributed by atoms with Gasteiger partial charge in [0.25, 0.3) is 0 Å². The van der Waals surface area contributed by atoms with Crippen molar-refractivity contribution in [2.45, 2.75) is 6.42 Å². The average Bonchev–Trinajstić information content (AvgIpc) is 3.88. The quantitative estimate of drug-likeness (QED) is 0.170. The van der Waals surface area contributed by atoms with E-state index in [1.165, 1.54) is 70.7 Å². The van der Waals surface area contributed by atoms with Gasteiger partial charge in [-0.3, -0.25) is 15.0 Å². The Morgan fingerprint density at radius 3 is 1.89 bits per heavy atom. The van der Waals surface area contributed by atoms with E-state index < -0.39 is 0 Å². The topological polar surface area (TPSA) is 43.1 Å². The van der Waals surface area contributed by atoms with Gasteiger partial charge >= 0.3 is 0 Å². The van der Waals surface area contributed by atoms with Crippen LogP contribution in [-0.2, 0) is 0 Å². The Kier molecular flexibility index (Phi) is 7.26. The van der Waals surface area contributed by atoms with E-state index in [1.54, 1.807) is 0 Å². The molecule has 1 aliphatic carbocycles. The van der Waals surface area contributed by atoms with E-state index >= 15 is 0 Å². The zero-order valence-corrected chi connectivity index (χ0v) is 31.7. The van der Waals surface area contributed by atoms with Crippen LogP contribution in [0.2, 0.25) is 0 Å². The van der Waals surface area contributed by atoms with Crippen molar-refractivity contribution in [1.29, 1.82) is 0 Å². The highest BCUT2D eigenvalue weighted by Gasteiger charge is 2.36. The molecule has 2 atom stereocenters. The summed E-state index contributed by atoms with van der Waals surface area (Å²) in [4.78, 5) is 14.1. The van der Waals surface area contributed by atoms with Gasteiger partial charge in [0.05, 0.1) is 22.4 Å². The van der Waals surface area contributed by atoms with Gasteiger partial charge in [0.1, 0.15) is 0 Å². The molecule has 2 aliphatic rings. The molecule has 5 heteroatoms. The summed E-state index contributed by atoms with van der Waals surface area (Å²) in [5.74, 6) is 1.24. The summed E-state index contributed by atoms with van der Waals surface area (Å²) in [6, 6.07) is 55.3. The number of thiophene rings is 1. The van der Waals surface area contributed by atoms with Gasteiger partial charge in [-0.05, 0) is 113 Å². The molecule has 57 heavy (non-hydrogen) atoms. The van der Waals surface area contributed by atoms with E-state index in [9.17, 15) is 0 Å². The van der Waals surface area contributed by atoms with Crippen LogP contribution in [0.25, 0.3) is 98.0 Å². The maximum absolute atomic E-state index is 4.93. The van der Waals surface area contributed by atoms with Gasteiger partial charge in [0.15, 0.2) is 0 Å². The van der Waals surface area contributed by atoms with E-state index in [2.05, 4.69) is 161 Å². The SMILES string of the molecule is C1=NC(c2ccccc2-c2ccc3c(c2)c2cc(-c4ccccc4-c4ccccn4)ccc2n3-c2ccc3sc4ccc(-c5cccnc5)cc4c3c2)=CC2CC12. The van der Waals surface area contributed by atoms with Crippen LogP contribution in [0, 0.1) is 11.8 Å². The predicted octanol–water partition coefficient (Wildman–Crippen LogP) is 13.7. The van der Waals surface area contributed by atoms with Crippen LogP contribution in [0.15, 0.2) is 181 Å². The van der Waals surface area contributed by atoms with Crippen molar-refractivity contribution in [3.63, 3.8) is 0 Å². The van der Waals surface area contributed by atoms with Crippen molar-refractivity contribution in [2.75, 3.05) is 0 Å². The van der Waals surface area contributed by atoms with Crippen LogP contribution in [0.3, 0.4) is 0 Å². The third-order valence-electron chi connectivity index (χ3n) is 11.8. The first-order valence-electron chi connectivity index (χ1n) is 19.6. The van der Waals surface area contributed by atoms with E-state index in [0.29, 0.717) is 11.8 Å². The molecule has 1 saturated carbocycles. The minimum absolute atomic E-state index is 0.620. The van der Waals surface area contributed by atoms with E-state index in [1.807, 2.05) is 42.1 Å². The van der Waals surface area contributed by atoms with Crippen molar-refractivity contribution in [2.24, 2.45) is 16.8 Å². The lowest BCUT2D eigenvalue weighted by Gasteiger charge is -2.13. The molecule has 4 nitrogen and oxygen atoms in total. The number of hydrogen-bond donors (Lipinski definition) is 0. The minimum Gasteiger partial charge on any atom is -0.309 e. The van der Waals surface area contributed by atoms with Crippen LogP contribution in [0.4, 0.5) is 0 Å². The van der Waals surface area contributed by atoms with Crippen molar-refractivity contribution in [3.8, 4) is 50.3 Å². The monoisotopic (exact) mass is 746 g/mol. The van der Waals surface area contributed by atoms with Gasteiger partial charge in [-0.25, -0.2) is 0 Å². The molecule has 12 rings (SSSR count). The van der Waals surface area contributed by atoms with Gasteiger partial charge in [-0.1, -0.05) is 84.9 Å². The molecule has 0 spiro atoms. The van der Waals surface area contributed by atoms with E-state index in [-0.39, 0.29) is 0 Å². The first-order valence-corrected chi connectivity index (χ1v) is 20.4. The molecule has 1 fully saturated rings. The second kappa shape index (κ2) is 12.8. The average molecular weight is 747 g/mol. The van der Waals surface area contributed by atoms with Crippen LogP contribution in [-0.4, -0.2) is 20.7 Å². The number of pyridine rings is 2. The molecule has 0 saturated heterocycles. The van der Waals surface area contributed by atoms with Gasteiger partial charge in [0, 0.05) is 84.0 Å². The molecule has 10 aromatic rings. The Morgan fingerprint density at radius 2 is 1.18 bits per heavy atom. The molecule has 1 aliphatic heterocycles. The lowest BCUT2D eigenvalue weighted by Crippen LogP contribution is -1.95. The summed E-state index contributed by atoms with van der Waals surface area (Å²) in [6.07, 6.45) is 11.4. The highest BCUT2D eigenvalue weighted by Crippen LogP contribution is 2.46. The molecular formula is C52H34N4S. The molecular weight excluding hydrogens is 713 g/mol. The number of fused-ring (bicyclic) bond motifs is 7. The molecule has 0 radical (unpaired) electrons. The van der Waals surface area contributed by atoms with Crippen molar-refractivity contribution in [3.05, 3.63) is 182 Å². The molecule has 6 aromatic carbocycles. The fourth-order valence-electron chi connectivity index (χ4n) is 8.87. The standard InChI is InChI=1S/C52H34N4S/c1-3-11-41(47-13-5-6-23-54-47)39(9-1)33-14-18-49-43(26-33)44-27-34(40-10-2-4-12-42(40)48-28-36-24-37(36)31-55-48)15-19-50(44)56(49)38-17-21-52-46(29-38)45-25-32(16-20-51(45)57-52)35-8-7-22-53-30-35/h1-23,25-31,36-37H,24H2. The van der Waals surface area contributed by atoms with Crippen molar-refractivity contribution in [1.82, 2.24) is 14.5 Å². The van der Waals surface area contributed by atoms with E-state index in [4.69, 9.17) is 9.98 Å². The first-order chi connectivity index (χ1) is 28.2. The molecule has 0 amide bonds. The van der Waals surface area contributed by atoms with Crippen molar-refractivity contribution >= 4 is 65.2 Å². The number of aliphatic imine (C=N–C) groups is 1.